The molecule has 274 valence electrons. The Morgan fingerprint density at radius 1 is 0.345 bits per heavy atom. The van der Waals surface area contributed by atoms with E-state index in [2.05, 4.69) is 240 Å². The van der Waals surface area contributed by atoms with Crippen molar-refractivity contribution in [3.8, 4) is 16.8 Å². The Bertz CT molecular complexity index is 3100. The summed E-state index contributed by atoms with van der Waals surface area (Å²) in [6, 6.07) is 75.0. The van der Waals surface area contributed by atoms with Crippen LogP contribution < -0.4 is 15.3 Å². The fourth-order valence-corrected chi connectivity index (χ4v) is 9.41. The monoisotopic (exact) mass is 740 g/mol. The minimum atomic E-state index is 0.251. The minimum absolute atomic E-state index is 0.251. The number of hydrogen-bond acceptors (Lipinski definition) is 1. The van der Waals surface area contributed by atoms with Gasteiger partial charge in [0.1, 0.15) is 0 Å². The molecule has 0 spiro atoms. The molecule has 1 heterocycles. The Morgan fingerprint density at radius 2 is 0.810 bits per heavy atom. The van der Waals surface area contributed by atoms with E-state index in [9.17, 15) is 0 Å². The Labute approximate surface area is 338 Å². The molecule has 0 radical (unpaired) electrons. The summed E-state index contributed by atoms with van der Waals surface area (Å²) in [4.78, 5) is 2.30. The first kappa shape index (κ1) is 33.9. The molecule has 0 fully saturated rings. The van der Waals surface area contributed by atoms with E-state index in [1.54, 1.807) is 0 Å². The van der Waals surface area contributed by atoms with Crippen LogP contribution >= 0.6 is 0 Å². The highest BCUT2D eigenvalue weighted by Crippen LogP contribution is 2.42. The fraction of sp³-hybridized carbons (Fsp3) is 0.0357. The zero-order chi connectivity index (χ0) is 38.4. The third-order valence-corrected chi connectivity index (χ3v) is 12.0. The van der Waals surface area contributed by atoms with E-state index in [0.717, 1.165) is 22.7 Å². The molecule has 1 aromatic heterocycles. The Balaban J connectivity index is 0.988. The smallest absolute Gasteiger partial charge is 0.0541 e. The molecule has 0 amide bonds. The summed E-state index contributed by atoms with van der Waals surface area (Å²) < 4.78 is 2.42. The van der Waals surface area contributed by atoms with Crippen molar-refractivity contribution in [1.82, 2.24) is 4.57 Å². The first-order valence-electron chi connectivity index (χ1n) is 20.2. The topological polar surface area (TPSA) is 8.17 Å². The normalized spacial score (nSPS) is 15.7. The van der Waals surface area contributed by atoms with Crippen LogP contribution in [0.15, 0.2) is 231 Å². The number of hydrogen-bond donors (Lipinski definition) is 0. The summed E-state index contributed by atoms with van der Waals surface area (Å²) in [5.41, 5.74) is 14.7. The number of aromatic nitrogens is 1. The highest BCUT2D eigenvalue weighted by atomic mass is 15.1. The standard InChI is InChI=1S/C56H40N2/c1-4-16-40(17-5-1)55-48-23-10-12-25-50(48)56(51-26-13-11-24-49(51)55)41-30-35-46(36-31-41)58-53-27-15-14-22-47(53)52-38-42(32-37-54(52)58)39-28-33-45(34-29-39)57(43-18-6-2-7-19-43)44-20-8-3-9-21-44/h1-38,48,50H. The highest BCUT2D eigenvalue weighted by molar-refractivity contribution is 6.10. The summed E-state index contributed by atoms with van der Waals surface area (Å²) in [7, 11) is 0. The van der Waals surface area contributed by atoms with Gasteiger partial charge in [-0.15, -0.1) is 0 Å². The lowest BCUT2D eigenvalue weighted by Gasteiger charge is -2.33. The lowest BCUT2D eigenvalue weighted by Crippen LogP contribution is -2.40. The second kappa shape index (κ2) is 14.3. The second-order valence-electron chi connectivity index (χ2n) is 15.2. The van der Waals surface area contributed by atoms with Crippen LogP contribution in [0.3, 0.4) is 0 Å². The van der Waals surface area contributed by atoms with E-state index < -0.39 is 0 Å². The van der Waals surface area contributed by atoms with Gasteiger partial charge in [-0.05, 0) is 111 Å². The van der Waals surface area contributed by atoms with Gasteiger partial charge < -0.3 is 9.47 Å². The van der Waals surface area contributed by atoms with E-state index in [0.29, 0.717) is 0 Å². The molecule has 0 bridgehead atoms. The minimum Gasteiger partial charge on any atom is -0.311 e. The number of fused-ring (bicyclic) bond motifs is 5. The van der Waals surface area contributed by atoms with Crippen LogP contribution in [0.1, 0.15) is 11.1 Å². The van der Waals surface area contributed by atoms with Gasteiger partial charge in [0, 0.05) is 45.4 Å². The van der Waals surface area contributed by atoms with Crippen molar-refractivity contribution in [2.45, 2.75) is 0 Å². The van der Waals surface area contributed by atoms with Crippen LogP contribution in [0.25, 0.3) is 49.8 Å². The number of anilines is 3. The maximum absolute atomic E-state index is 2.42. The molecule has 2 heteroatoms. The van der Waals surface area contributed by atoms with Gasteiger partial charge in [-0.1, -0.05) is 164 Å². The molecule has 0 saturated heterocycles. The fourth-order valence-electron chi connectivity index (χ4n) is 9.41. The van der Waals surface area contributed by atoms with Crippen molar-refractivity contribution < 1.29 is 0 Å². The number of allylic oxidation sites excluding steroid dienone is 4. The zero-order valence-electron chi connectivity index (χ0n) is 32.0. The molecule has 0 saturated carbocycles. The van der Waals surface area contributed by atoms with Crippen molar-refractivity contribution >= 4 is 50.0 Å². The Hall–Kier alpha value is -7.42. The van der Waals surface area contributed by atoms with Crippen molar-refractivity contribution in [1.29, 1.82) is 0 Å². The molecule has 58 heavy (non-hydrogen) atoms. The summed E-state index contributed by atoms with van der Waals surface area (Å²) in [5, 5.41) is 5.14. The quantitative estimate of drug-likeness (QED) is 0.158. The van der Waals surface area contributed by atoms with Gasteiger partial charge in [-0.25, -0.2) is 0 Å². The molecule has 2 aliphatic carbocycles. The first-order chi connectivity index (χ1) is 28.8. The summed E-state index contributed by atoms with van der Waals surface area (Å²) in [5.74, 6) is 0.521. The lowest BCUT2D eigenvalue weighted by molar-refractivity contribution is 0.686. The number of para-hydroxylation sites is 3. The van der Waals surface area contributed by atoms with Gasteiger partial charge in [-0.2, -0.15) is 0 Å². The predicted octanol–water partition coefficient (Wildman–Crippen LogP) is 12.7. The third-order valence-electron chi connectivity index (χ3n) is 12.0. The molecule has 0 aliphatic heterocycles. The third kappa shape index (κ3) is 5.73. The number of nitrogens with zero attached hydrogens (tertiary/aromatic N) is 2. The van der Waals surface area contributed by atoms with Crippen molar-refractivity contribution in [2.75, 3.05) is 4.90 Å². The van der Waals surface area contributed by atoms with Crippen LogP contribution in [0.5, 0.6) is 0 Å². The van der Waals surface area contributed by atoms with Crippen molar-refractivity contribution in [3.05, 3.63) is 252 Å². The van der Waals surface area contributed by atoms with Gasteiger partial charge in [-0.3, -0.25) is 0 Å². The van der Waals surface area contributed by atoms with E-state index in [4.69, 9.17) is 0 Å². The Morgan fingerprint density at radius 3 is 1.43 bits per heavy atom. The molecule has 11 rings (SSSR count). The molecule has 2 atom stereocenters. The van der Waals surface area contributed by atoms with Gasteiger partial charge in [0.25, 0.3) is 0 Å². The van der Waals surface area contributed by atoms with E-state index in [1.165, 1.54) is 65.6 Å². The molecular formula is C56H40N2. The maximum Gasteiger partial charge on any atom is 0.0541 e. The van der Waals surface area contributed by atoms with Crippen LogP contribution in [0.2, 0.25) is 0 Å². The van der Waals surface area contributed by atoms with E-state index >= 15 is 0 Å². The molecule has 2 nitrogen and oxygen atoms in total. The Kier molecular flexibility index (Phi) is 8.33. The van der Waals surface area contributed by atoms with Gasteiger partial charge in [0.05, 0.1) is 11.0 Å². The molecule has 2 aliphatic rings. The average molecular weight is 741 g/mol. The molecular weight excluding hydrogens is 701 g/mol. The SMILES string of the molecule is C1=CC2C(c3ccccc3)=c3ccccc3=C(c3ccc(-n4c5ccccc5c5cc(-c6ccc(N(c7ccccc7)c7ccccc7)cc6)ccc54)cc3)C2C=C1. The molecule has 9 aromatic rings. The molecule has 2 unspecified atom stereocenters. The highest BCUT2D eigenvalue weighted by Gasteiger charge is 2.31. The maximum atomic E-state index is 2.42. The molecule has 0 N–H and O–H groups in total. The van der Waals surface area contributed by atoms with Gasteiger partial charge in [0.15, 0.2) is 0 Å². The number of benzene rings is 8. The van der Waals surface area contributed by atoms with E-state index in [-0.39, 0.29) is 11.8 Å². The van der Waals surface area contributed by atoms with Gasteiger partial charge in [0.2, 0.25) is 0 Å². The lowest BCUT2D eigenvalue weighted by atomic mass is 9.70. The van der Waals surface area contributed by atoms with E-state index in [1.807, 2.05) is 0 Å². The van der Waals surface area contributed by atoms with Crippen LogP contribution in [-0.4, -0.2) is 4.57 Å². The summed E-state index contributed by atoms with van der Waals surface area (Å²) in [6.07, 6.45) is 9.22. The van der Waals surface area contributed by atoms with Crippen molar-refractivity contribution in [2.24, 2.45) is 11.8 Å². The molecule has 8 aromatic carbocycles. The second-order valence-corrected chi connectivity index (χ2v) is 15.2. The first-order valence-corrected chi connectivity index (χ1v) is 20.2. The van der Waals surface area contributed by atoms with Gasteiger partial charge >= 0.3 is 0 Å². The van der Waals surface area contributed by atoms with Crippen LogP contribution in [-0.2, 0) is 0 Å². The van der Waals surface area contributed by atoms with Crippen LogP contribution in [0, 0.1) is 11.8 Å². The zero-order valence-corrected chi connectivity index (χ0v) is 32.0. The largest absolute Gasteiger partial charge is 0.311 e. The number of rotatable bonds is 7. The predicted molar refractivity (Wildman–Crippen MR) is 243 cm³/mol. The summed E-state index contributed by atoms with van der Waals surface area (Å²) >= 11 is 0. The average Bonchev–Trinajstić information content (AvgIpc) is 3.63. The van der Waals surface area contributed by atoms with Crippen LogP contribution in [0.4, 0.5) is 17.1 Å². The summed E-state index contributed by atoms with van der Waals surface area (Å²) in [6.45, 7) is 0. The van der Waals surface area contributed by atoms with Crippen molar-refractivity contribution in [3.63, 3.8) is 0 Å².